The normalized spacial score (nSPS) is 18.4. The van der Waals surface area contributed by atoms with Gasteiger partial charge >= 0.3 is 0 Å². The molecule has 0 radical (unpaired) electrons. The zero-order valence-electron chi connectivity index (χ0n) is 15.6. The van der Waals surface area contributed by atoms with Crippen LogP contribution >= 0.6 is 0 Å². The van der Waals surface area contributed by atoms with Gasteiger partial charge in [0.1, 0.15) is 0 Å². The summed E-state index contributed by atoms with van der Waals surface area (Å²) in [5, 5.41) is 8.82. The van der Waals surface area contributed by atoms with Gasteiger partial charge < -0.3 is 9.80 Å². The minimum absolute atomic E-state index is 0.00275. The van der Waals surface area contributed by atoms with Crippen molar-refractivity contribution in [2.45, 2.75) is 46.1 Å². The summed E-state index contributed by atoms with van der Waals surface area (Å²) in [6, 6.07) is 7.85. The second-order valence-electron chi connectivity index (χ2n) is 7.13. The number of hydrogen-bond donors (Lipinski definition) is 0. The molecular weight excluding hydrogens is 314 g/mol. The number of hydrogen-bond acceptors (Lipinski definition) is 3. The molecule has 25 heavy (non-hydrogen) atoms. The predicted molar refractivity (Wildman–Crippen MR) is 97.0 cm³/mol. The number of carbonyl (C=O) groups is 2. The molecule has 1 aromatic carbocycles. The average Bonchev–Trinajstić information content (AvgIpc) is 2.59. The molecule has 134 valence electrons. The Kier molecular flexibility index (Phi) is 6.19. The van der Waals surface area contributed by atoms with Crippen LogP contribution in [-0.2, 0) is 4.79 Å². The van der Waals surface area contributed by atoms with Crippen LogP contribution in [0.1, 0.15) is 47.7 Å². The Morgan fingerprint density at radius 3 is 2.56 bits per heavy atom. The Bertz CT molecular complexity index is 672. The van der Waals surface area contributed by atoms with Crippen molar-refractivity contribution in [3.63, 3.8) is 0 Å². The number of amides is 2. The molecule has 0 spiro atoms. The lowest BCUT2D eigenvalue weighted by molar-refractivity contribution is -0.137. The van der Waals surface area contributed by atoms with Crippen LogP contribution < -0.4 is 0 Å². The Balaban J connectivity index is 2.08. The third-order valence-electron chi connectivity index (χ3n) is 4.92. The Morgan fingerprint density at radius 2 is 1.96 bits per heavy atom. The van der Waals surface area contributed by atoms with E-state index in [0.717, 1.165) is 24.0 Å². The van der Waals surface area contributed by atoms with E-state index in [0.29, 0.717) is 25.1 Å². The highest BCUT2D eigenvalue weighted by molar-refractivity contribution is 5.95. The molecule has 1 aliphatic rings. The zero-order chi connectivity index (χ0) is 18.6. The quantitative estimate of drug-likeness (QED) is 0.846. The summed E-state index contributed by atoms with van der Waals surface area (Å²) in [6.45, 7) is 6.99. The number of benzene rings is 1. The lowest BCUT2D eigenvalue weighted by atomic mass is 9.95. The highest BCUT2D eigenvalue weighted by atomic mass is 16.2. The van der Waals surface area contributed by atoms with Crippen molar-refractivity contribution in [3.8, 4) is 6.07 Å². The van der Waals surface area contributed by atoms with Crippen molar-refractivity contribution >= 4 is 11.8 Å². The standard InChI is InChI=1S/C20H27N3O2/c1-14-10-15(2)12-18(11-14)20(25)23-9-5-6-17(13-23)19(24)22(4)16(3)7-8-21/h10-12,16-17H,5-7,9,13H2,1-4H3. The number of piperidine rings is 1. The molecular formula is C20H27N3O2. The molecule has 0 saturated carbocycles. The Labute approximate surface area is 150 Å². The van der Waals surface area contributed by atoms with Crippen molar-refractivity contribution in [1.82, 2.24) is 9.80 Å². The Morgan fingerprint density at radius 1 is 1.32 bits per heavy atom. The van der Waals surface area contributed by atoms with Crippen LogP contribution in [0.4, 0.5) is 0 Å². The number of aryl methyl sites for hydroxylation is 2. The third-order valence-corrected chi connectivity index (χ3v) is 4.92. The molecule has 2 unspecified atom stereocenters. The minimum atomic E-state index is -0.185. The van der Waals surface area contributed by atoms with E-state index in [4.69, 9.17) is 5.26 Å². The van der Waals surface area contributed by atoms with Crippen LogP contribution in [0.2, 0.25) is 0 Å². The van der Waals surface area contributed by atoms with E-state index < -0.39 is 0 Å². The fraction of sp³-hybridized carbons (Fsp3) is 0.550. The average molecular weight is 341 g/mol. The maximum absolute atomic E-state index is 12.8. The molecule has 1 fully saturated rings. The molecule has 5 heteroatoms. The van der Waals surface area contributed by atoms with E-state index >= 15 is 0 Å². The number of nitrogens with zero attached hydrogens (tertiary/aromatic N) is 3. The van der Waals surface area contributed by atoms with Gasteiger partial charge in [-0.05, 0) is 45.7 Å². The molecule has 1 saturated heterocycles. The SMILES string of the molecule is Cc1cc(C)cc(C(=O)N2CCCC(C(=O)N(C)C(C)CC#N)C2)c1. The molecule has 1 aliphatic heterocycles. The van der Waals surface area contributed by atoms with Crippen LogP contribution in [0.25, 0.3) is 0 Å². The topological polar surface area (TPSA) is 64.4 Å². The van der Waals surface area contributed by atoms with Gasteiger partial charge in [-0.2, -0.15) is 5.26 Å². The minimum Gasteiger partial charge on any atom is -0.342 e. The largest absolute Gasteiger partial charge is 0.342 e. The van der Waals surface area contributed by atoms with Gasteiger partial charge in [0.2, 0.25) is 5.91 Å². The van der Waals surface area contributed by atoms with E-state index in [9.17, 15) is 9.59 Å². The first-order valence-electron chi connectivity index (χ1n) is 8.84. The summed E-state index contributed by atoms with van der Waals surface area (Å²) >= 11 is 0. The zero-order valence-corrected chi connectivity index (χ0v) is 15.6. The molecule has 2 atom stereocenters. The second-order valence-corrected chi connectivity index (χ2v) is 7.13. The highest BCUT2D eigenvalue weighted by Crippen LogP contribution is 2.22. The molecule has 0 bridgehead atoms. The van der Waals surface area contributed by atoms with Gasteiger partial charge in [0.25, 0.3) is 5.91 Å². The maximum Gasteiger partial charge on any atom is 0.253 e. The summed E-state index contributed by atoms with van der Waals surface area (Å²) in [5.41, 5.74) is 2.83. The third kappa shape index (κ3) is 4.60. The van der Waals surface area contributed by atoms with Crippen LogP contribution in [0.5, 0.6) is 0 Å². The first-order chi connectivity index (χ1) is 11.8. The molecule has 0 N–H and O–H groups in total. The van der Waals surface area contributed by atoms with E-state index in [-0.39, 0.29) is 23.8 Å². The van der Waals surface area contributed by atoms with Crippen LogP contribution in [0, 0.1) is 31.1 Å². The van der Waals surface area contributed by atoms with Crippen LogP contribution in [-0.4, -0.2) is 47.8 Å². The highest BCUT2D eigenvalue weighted by Gasteiger charge is 2.31. The summed E-state index contributed by atoms with van der Waals surface area (Å²) in [7, 11) is 1.75. The molecule has 1 heterocycles. The van der Waals surface area contributed by atoms with Gasteiger partial charge in [-0.25, -0.2) is 0 Å². The van der Waals surface area contributed by atoms with Gasteiger partial charge in [0.15, 0.2) is 0 Å². The van der Waals surface area contributed by atoms with Gasteiger partial charge in [-0.1, -0.05) is 17.2 Å². The molecule has 2 rings (SSSR count). The molecule has 1 aromatic rings. The maximum atomic E-state index is 12.8. The fourth-order valence-electron chi connectivity index (χ4n) is 3.42. The van der Waals surface area contributed by atoms with Gasteiger partial charge in [0.05, 0.1) is 18.4 Å². The summed E-state index contributed by atoms with van der Waals surface area (Å²) in [6.07, 6.45) is 1.94. The number of rotatable bonds is 4. The van der Waals surface area contributed by atoms with E-state index in [2.05, 4.69) is 6.07 Å². The monoisotopic (exact) mass is 341 g/mol. The molecule has 5 nitrogen and oxygen atoms in total. The first-order valence-corrected chi connectivity index (χ1v) is 8.84. The number of nitriles is 1. The summed E-state index contributed by atoms with van der Waals surface area (Å²) < 4.78 is 0. The summed E-state index contributed by atoms with van der Waals surface area (Å²) in [4.78, 5) is 29.0. The van der Waals surface area contributed by atoms with Gasteiger partial charge in [-0.15, -0.1) is 0 Å². The van der Waals surface area contributed by atoms with Crippen molar-refractivity contribution in [1.29, 1.82) is 5.26 Å². The smallest absolute Gasteiger partial charge is 0.253 e. The first kappa shape index (κ1) is 19.0. The fourth-order valence-corrected chi connectivity index (χ4v) is 3.42. The predicted octanol–water partition coefficient (Wildman–Crippen LogP) is 2.92. The van der Waals surface area contributed by atoms with Gasteiger partial charge in [0, 0.05) is 31.7 Å². The molecule has 0 aliphatic carbocycles. The van der Waals surface area contributed by atoms with E-state index in [1.807, 2.05) is 39.0 Å². The molecule has 2 amide bonds. The van der Waals surface area contributed by atoms with Crippen molar-refractivity contribution in [2.75, 3.05) is 20.1 Å². The van der Waals surface area contributed by atoms with E-state index in [1.54, 1.807) is 16.8 Å². The van der Waals surface area contributed by atoms with Crippen molar-refractivity contribution in [3.05, 3.63) is 34.9 Å². The van der Waals surface area contributed by atoms with E-state index in [1.165, 1.54) is 0 Å². The number of carbonyl (C=O) groups excluding carboxylic acids is 2. The summed E-state index contributed by atoms with van der Waals surface area (Å²) in [5.74, 6) is -0.160. The second kappa shape index (κ2) is 8.15. The van der Waals surface area contributed by atoms with Crippen molar-refractivity contribution in [2.24, 2.45) is 5.92 Å². The van der Waals surface area contributed by atoms with Crippen LogP contribution in [0.15, 0.2) is 18.2 Å². The number of likely N-dealkylation sites (tertiary alicyclic amines) is 1. The Hall–Kier alpha value is -2.35. The lowest BCUT2D eigenvalue weighted by Gasteiger charge is -2.35. The lowest BCUT2D eigenvalue weighted by Crippen LogP contribution is -2.47. The van der Waals surface area contributed by atoms with Gasteiger partial charge in [-0.3, -0.25) is 9.59 Å². The van der Waals surface area contributed by atoms with Crippen LogP contribution in [0.3, 0.4) is 0 Å². The van der Waals surface area contributed by atoms with Crippen molar-refractivity contribution < 1.29 is 9.59 Å². The molecule has 0 aromatic heterocycles.